The van der Waals surface area contributed by atoms with E-state index in [4.69, 9.17) is 9.72 Å². The Hall–Kier alpha value is -3.60. The van der Waals surface area contributed by atoms with Gasteiger partial charge in [0.1, 0.15) is 11.6 Å². The number of rotatable bonds is 8. The molecule has 192 valence electrons. The molecule has 0 N–H and O–H groups in total. The Bertz CT molecular complexity index is 1420. The lowest BCUT2D eigenvalue weighted by Gasteiger charge is -2.19. The molecule has 2 heterocycles. The van der Waals surface area contributed by atoms with Gasteiger partial charge in [0.2, 0.25) is 5.91 Å². The molecular weight excluding hydrogens is 458 g/mol. The summed E-state index contributed by atoms with van der Waals surface area (Å²) in [5, 5.41) is 0. The minimum Gasteiger partial charge on any atom is -0.493 e. The van der Waals surface area contributed by atoms with Crippen LogP contribution in [-0.4, -0.2) is 28.6 Å². The number of carbonyl (C=O) groups excluding carboxylic acids is 1. The maximum absolute atomic E-state index is 13.1. The van der Waals surface area contributed by atoms with Gasteiger partial charge in [0, 0.05) is 31.1 Å². The topological polar surface area (TPSA) is 47.4 Å². The van der Waals surface area contributed by atoms with Gasteiger partial charge in [0.05, 0.1) is 17.6 Å². The van der Waals surface area contributed by atoms with Crippen LogP contribution in [0.25, 0.3) is 11.0 Å². The fourth-order valence-electron chi connectivity index (χ4n) is 5.53. The molecule has 1 saturated heterocycles. The van der Waals surface area contributed by atoms with Crippen molar-refractivity contribution in [3.8, 4) is 5.75 Å². The number of benzene rings is 3. The molecule has 4 aromatic rings. The third-order valence-electron chi connectivity index (χ3n) is 7.27. The molecule has 3 aromatic carbocycles. The van der Waals surface area contributed by atoms with E-state index in [1.165, 1.54) is 22.3 Å². The van der Waals surface area contributed by atoms with Crippen molar-refractivity contribution in [1.29, 1.82) is 0 Å². The number of ether oxygens (including phenoxy) is 1. The molecule has 0 saturated carbocycles. The minimum absolute atomic E-state index is 0.0611. The van der Waals surface area contributed by atoms with Crippen LogP contribution in [0.2, 0.25) is 0 Å². The second-order valence-electron chi connectivity index (χ2n) is 10.8. The number of fused-ring (bicyclic) bond motifs is 1. The highest BCUT2D eigenvalue weighted by Gasteiger charge is 2.35. The number of amides is 1. The minimum atomic E-state index is 0.0611. The van der Waals surface area contributed by atoms with Gasteiger partial charge in [-0.15, -0.1) is 0 Å². The Morgan fingerprint density at radius 2 is 1.73 bits per heavy atom. The Kier molecular flexibility index (Phi) is 7.05. The van der Waals surface area contributed by atoms with Crippen molar-refractivity contribution in [3.05, 3.63) is 88.7 Å². The summed E-state index contributed by atoms with van der Waals surface area (Å²) in [6.45, 7) is 12.7. The third-order valence-corrected chi connectivity index (χ3v) is 7.27. The summed E-state index contributed by atoms with van der Waals surface area (Å²) < 4.78 is 8.58. The van der Waals surface area contributed by atoms with Gasteiger partial charge in [-0.05, 0) is 85.7 Å². The van der Waals surface area contributed by atoms with Crippen molar-refractivity contribution < 1.29 is 9.53 Å². The first-order chi connectivity index (χ1) is 17.8. The maximum atomic E-state index is 13.1. The first-order valence-electron chi connectivity index (χ1n) is 13.4. The van der Waals surface area contributed by atoms with Gasteiger partial charge in [-0.2, -0.15) is 0 Å². The van der Waals surface area contributed by atoms with E-state index in [2.05, 4.69) is 93.8 Å². The number of imidazole rings is 1. The molecule has 0 aliphatic carbocycles. The van der Waals surface area contributed by atoms with E-state index in [1.54, 1.807) is 0 Å². The van der Waals surface area contributed by atoms with Crippen molar-refractivity contribution in [1.82, 2.24) is 9.55 Å². The van der Waals surface area contributed by atoms with Crippen LogP contribution in [0.15, 0.2) is 60.7 Å². The summed E-state index contributed by atoms with van der Waals surface area (Å²) in [6.07, 6.45) is 1.34. The van der Waals surface area contributed by atoms with E-state index in [1.807, 2.05) is 11.0 Å². The van der Waals surface area contributed by atoms with Crippen molar-refractivity contribution >= 4 is 22.6 Å². The Morgan fingerprint density at radius 3 is 2.49 bits per heavy atom. The first kappa shape index (κ1) is 25.1. The van der Waals surface area contributed by atoms with Crippen LogP contribution in [0.5, 0.6) is 5.75 Å². The molecule has 1 amide bonds. The van der Waals surface area contributed by atoms with Crippen LogP contribution in [0.4, 0.5) is 5.69 Å². The van der Waals surface area contributed by atoms with Crippen LogP contribution in [0.3, 0.4) is 0 Å². The van der Waals surface area contributed by atoms with Crippen molar-refractivity contribution in [3.63, 3.8) is 0 Å². The Labute approximate surface area is 220 Å². The predicted molar refractivity (Wildman–Crippen MR) is 151 cm³/mol. The second-order valence-corrected chi connectivity index (χ2v) is 10.8. The summed E-state index contributed by atoms with van der Waals surface area (Å²) >= 11 is 0. The van der Waals surface area contributed by atoms with Crippen molar-refractivity contribution in [2.24, 2.45) is 0 Å². The number of hydrogen-bond acceptors (Lipinski definition) is 3. The van der Waals surface area contributed by atoms with E-state index >= 15 is 0 Å². The molecule has 0 bridgehead atoms. The number of aromatic nitrogens is 2. The number of hydrogen-bond donors (Lipinski definition) is 0. The summed E-state index contributed by atoms with van der Waals surface area (Å²) in [6, 6.07) is 21.1. The highest BCUT2D eigenvalue weighted by Crippen LogP contribution is 2.34. The average Bonchev–Trinajstić information content (AvgIpc) is 3.41. The van der Waals surface area contributed by atoms with Gasteiger partial charge in [-0.3, -0.25) is 4.79 Å². The van der Waals surface area contributed by atoms with Gasteiger partial charge >= 0.3 is 0 Å². The van der Waals surface area contributed by atoms with E-state index < -0.39 is 0 Å². The fourth-order valence-corrected chi connectivity index (χ4v) is 5.53. The fraction of sp³-hybridized carbons (Fsp3) is 0.375. The number of carbonyl (C=O) groups is 1. The Morgan fingerprint density at radius 1 is 0.973 bits per heavy atom. The molecule has 0 radical (unpaired) electrons. The third kappa shape index (κ3) is 5.27. The zero-order valence-corrected chi connectivity index (χ0v) is 22.6. The predicted octanol–water partition coefficient (Wildman–Crippen LogP) is 7.07. The summed E-state index contributed by atoms with van der Waals surface area (Å²) in [5.74, 6) is 2.62. The quantitative estimate of drug-likeness (QED) is 0.246. The smallest absolute Gasteiger partial charge is 0.227 e. The van der Waals surface area contributed by atoms with Crippen LogP contribution >= 0.6 is 0 Å². The van der Waals surface area contributed by atoms with Gasteiger partial charge in [-0.1, -0.05) is 44.2 Å². The molecule has 0 spiro atoms. The summed E-state index contributed by atoms with van der Waals surface area (Å²) in [5.41, 5.74) is 7.89. The van der Waals surface area contributed by atoms with E-state index in [0.29, 0.717) is 25.5 Å². The van der Waals surface area contributed by atoms with Crippen LogP contribution < -0.4 is 9.64 Å². The number of para-hydroxylation sites is 2. The van der Waals surface area contributed by atoms with E-state index in [0.717, 1.165) is 41.3 Å². The van der Waals surface area contributed by atoms with Gasteiger partial charge < -0.3 is 14.2 Å². The molecule has 1 aliphatic rings. The van der Waals surface area contributed by atoms with E-state index in [-0.39, 0.29) is 11.8 Å². The Balaban J connectivity index is 1.35. The molecule has 1 aromatic heterocycles. The standard InChI is InChI=1S/C32H37N3O2/c1-21(2)27-12-11-22(3)18-30(27)37-14-8-13-34-29-10-7-6-9-28(29)33-32(34)25-19-31(36)35(20-25)26-16-23(4)15-24(5)17-26/h6-7,9-12,15-18,21,25H,8,13-14,19-20H2,1-5H3. The molecule has 1 aliphatic heterocycles. The molecule has 5 rings (SSSR count). The normalized spacial score (nSPS) is 15.8. The first-order valence-corrected chi connectivity index (χ1v) is 13.4. The largest absolute Gasteiger partial charge is 0.493 e. The van der Waals surface area contributed by atoms with Crippen LogP contribution in [0, 0.1) is 20.8 Å². The zero-order valence-electron chi connectivity index (χ0n) is 22.6. The molecule has 1 fully saturated rings. The van der Waals surface area contributed by atoms with Crippen LogP contribution in [-0.2, 0) is 11.3 Å². The molecule has 37 heavy (non-hydrogen) atoms. The zero-order chi connectivity index (χ0) is 26.1. The van der Waals surface area contributed by atoms with Gasteiger partial charge in [0.25, 0.3) is 0 Å². The summed E-state index contributed by atoms with van der Waals surface area (Å²) in [7, 11) is 0. The average molecular weight is 496 g/mol. The highest BCUT2D eigenvalue weighted by atomic mass is 16.5. The lowest BCUT2D eigenvalue weighted by Crippen LogP contribution is -2.24. The van der Waals surface area contributed by atoms with Gasteiger partial charge in [0.15, 0.2) is 0 Å². The molecule has 1 atom stereocenters. The van der Waals surface area contributed by atoms with Crippen molar-refractivity contribution in [2.75, 3.05) is 18.1 Å². The lowest BCUT2D eigenvalue weighted by atomic mass is 10.0. The molecule has 5 nitrogen and oxygen atoms in total. The monoisotopic (exact) mass is 495 g/mol. The summed E-state index contributed by atoms with van der Waals surface area (Å²) in [4.78, 5) is 20.1. The SMILES string of the molecule is Cc1cc(C)cc(N2CC(c3nc4ccccc4n3CCCOc3cc(C)ccc3C(C)C)CC2=O)c1. The molecule has 5 heteroatoms. The number of nitrogens with zero attached hydrogens (tertiary/aromatic N) is 3. The highest BCUT2D eigenvalue weighted by molar-refractivity contribution is 5.96. The maximum Gasteiger partial charge on any atom is 0.227 e. The number of aryl methyl sites for hydroxylation is 4. The van der Waals surface area contributed by atoms with Crippen LogP contribution in [0.1, 0.15) is 66.6 Å². The number of anilines is 1. The van der Waals surface area contributed by atoms with Crippen molar-refractivity contribution in [2.45, 2.75) is 65.8 Å². The second kappa shape index (κ2) is 10.4. The molecular formula is C32H37N3O2. The lowest BCUT2D eigenvalue weighted by molar-refractivity contribution is -0.117. The molecule has 1 unspecified atom stereocenters. The van der Waals surface area contributed by atoms with E-state index in [9.17, 15) is 4.79 Å². The van der Waals surface area contributed by atoms with Gasteiger partial charge in [-0.25, -0.2) is 4.98 Å².